The zero-order chi connectivity index (χ0) is 20.4. The molecule has 2 aromatic rings. The maximum absolute atomic E-state index is 13.4. The van der Waals surface area contributed by atoms with Crippen LogP contribution in [0.2, 0.25) is 0 Å². The van der Waals surface area contributed by atoms with Crippen molar-refractivity contribution in [3.05, 3.63) is 65.7 Å². The zero-order valence-corrected chi connectivity index (χ0v) is 16.7. The first-order chi connectivity index (χ1) is 13.3. The van der Waals surface area contributed by atoms with Crippen molar-refractivity contribution in [3.63, 3.8) is 0 Å². The minimum atomic E-state index is -0.770. The fourth-order valence-electron chi connectivity index (χ4n) is 3.97. The fraction of sp³-hybridized carbons (Fsp3) is 0.391. The molecule has 2 N–H and O–H groups in total. The Morgan fingerprint density at radius 3 is 2.43 bits per heavy atom. The SMILES string of the molecule is CN1C(=O)C(CCC(=O)NC(C)(C)CO)(Cc2ccccc2)c2ccccc21. The van der Waals surface area contributed by atoms with Gasteiger partial charge in [-0.05, 0) is 43.9 Å². The molecule has 3 rings (SSSR count). The smallest absolute Gasteiger partial charge is 0.237 e. The number of amides is 2. The number of rotatable bonds is 7. The number of likely N-dealkylation sites (N-methyl/N-ethyl adjacent to an activating group) is 1. The van der Waals surface area contributed by atoms with E-state index >= 15 is 0 Å². The molecule has 148 valence electrons. The summed E-state index contributed by atoms with van der Waals surface area (Å²) in [6.45, 7) is 3.40. The number of aliphatic hydroxyl groups is 1. The minimum absolute atomic E-state index is 0.0202. The highest BCUT2D eigenvalue weighted by Gasteiger charge is 2.49. The maximum atomic E-state index is 13.4. The molecule has 5 heteroatoms. The molecule has 1 unspecified atom stereocenters. The molecule has 0 saturated carbocycles. The van der Waals surface area contributed by atoms with E-state index in [4.69, 9.17) is 0 Å². The second-order valence-electron chi connectivity index (χ2n) is 8.22. The van der Waals surface area contributed by atoms with Crippen LogP contribution < -0.4 is 10.2 Å². The van der Waals surface area contributed by atoms with E-state index in [1.807, 2.05) is 54.6 Å². The molecule has 28 heavy (non-hydrogen) atoms. The lowest BCUT2D eigenvalue weighted by Gasteiger charge is -2.30. The summed E-state index contributed by atoms with van der Waals surface area (Å²) in [5.74, 6) is -0.141. The van der Waals surface area contributed by atoms with E-state index < -0.39 is 11.0 Å². The van der Waals surface area contributed by atoms with Crippen molar-refractivity contribution in [1.82, 2.24) is 5.32 Å². The Labute approximate surface area is 166 Å². The number of benzene rings is 2. The standard InChI is InChI=1S/C23H28N2O3/c1-22(2,16-26)24-20(27)13-14-23(15-17-9-5-4-6-10-17)18-11-7-8-12-19(18)25(3)21(23)28/h4-12,26H,13-16H2,1-3H3,(H,24,27). The van der Waals surface area contributed by atoms with Crippen molar-refractivity contribution in [2.24, 2.45) is 0 Å². The Balaban J connectivity index is 1.93. The van der Waals surface area contributed by atoms with E-state index in [9.17, 15) is 14.7 Å². The predicted molar refractivity (Wildman–Crippen MR) is 110 cm³/mol. The summed E-state index contributed by atoms with van der Waals surface area (Å²) in [4.78, 5) is 27.6. The summed E-state index contributed by atoms with van der Waals surface area (Å²) in [7, 11) is 1.79. The van der Waals surface area contributed by atoms with Gasteiger partial charge in [-0.15, -0.1) is 0 Å². The predicted octanol–water partition coefficient (Wildman–Crippen LogP) is 2.81. The molecular weight excluding hydrogens is 352 g/mol. The summed E-state index contributed by atoms with van der Waals surface area (Å²) in [5.41, 5.74) is 1.49. The summed E-state index contributed by atoms with van der Waals surface area (Å²) in [5, 5.41) is 12.2. The first kappa shape index (κ1) is 20.1. The summed E-state index contributed by atoms with van der Waals surface area (Å²) in [6, 6.07) is 17.7. The van der Waals surface area contributed by atoms with Crippen LogP contribution in [0.25, 0.3) is 0 Å². The topological polar surface area (TPSA) is 69.6 Å². The lowest BCUT2D eigenvalue weighted by atomic mass is 9.73. The first-order valence-corrected chi connectivity index (χ1v) is 9.62. The first-order valence-electron chi connectivity index (χ1n) is 9.62. The number of fused-ring (bicyclic) bond motifs is 1. The molecule has 0 bridgehead atoms. The van der Waals surface area contributed by atoms with Crippen LogP contribution in [0.5, 0.6) is 0 Å². The number of carbonyl (C=O) groups is 2. The van der Waals surface area contributed by atoms with Crippen molar-refractivity contribution in [1.29, 1.82) is 0 Å². The monoisotopic (exact) mass is 380 g/mol. The van der Waals surface area contributed by atoms with Gasteiger partial charge >= 0.3 is 0 Å². The highest BCUT2D eigenvalue weighted by molar-refractivity contribution is 6.08. The van der Waals surface area contributed by atoms with Crippen LogP contribution in [0.3, 0.4) is 0 Å². The van der Waals surface area contributed by atoms with E-state index in [2.05, 4.69) is 5.32 Å². The van der Waals surface area contributed by atoms with Gasteiger partial charge in [-0.3, -0.25) is 9.59 Å². The van der Waals surface area contributed by atoms with Crippen LogP contribution in [-0.4, -0.2) is 36.1 Å². The quantitative estimate of drug-likeness (QED) is 0.776. The number of hydrogen-bond donors (Lipinski definition) is 2. The maximum Gasteiger partial charge on any atom is 0.237 e. The van der Waals surface area contributed by atoms with Crippen molar-refractivity contribution in [2.75, 3.05) is 18.6 Å². The molecule has 0 fully saturated rings. The Morgan fingerprint density at radius 1 is 1.11 bits per heavy atom. The molecule has 1 aliphatic heterocycles. The number of para-hydroxylation sites is 1. The van der Waals surface area contributed by atoms with E-state index in [0.29, 0.717) is 12.8 Å². The van der Waals surface area contributed by atoms with Gasteiger partial charge in [-0.2, -0.15) is 0 Å². The molecule has 2 aromatic carbocycles. The van der Waals surface area contributed by atoms with Crippen LogP contribution in [0, 0.1) is 0 Å². The Hall–Kier alpha value is -2.66. The number of hydrogen-bond acceptors (Lipinski definition) is 3. The molecule has 0 aromatic heterocycles. The van der Waals surface area contributed by atoms with Crippen LogP contribution in [0.4, 0.5) is 5.69 Å². The summed E-state index contributed by atoms with van der Waals surface area (Å²) in [6.07, 6.45) is 1.17. The number of anilines is 1. The molecule has 0 radical (unpaired) electrons. The highest BCUT2D eigenvalue weighted by Crippen LogP contribution is 2.46. The normalized spacial score (nSPS) is 18.9. The summed E-state index contributed by atoms with van der Waals surface area (Å²) >= 11 is 0. The van der Waals surface area contributed by atoms with E-state index in [0.717, 1.165) is 16.8 Å². The number of nitrogens with one attached hydrogen (secondary N) is 1. The van der Waals surface area contributed by atoms with Gasteiger partial charge in [0.05, 0.1) is 17.6 Å². The number of nitrogens with zero attached hydrogens (tertiary/aromatic N) is 1. The van der Waals surface area contributed by atoms with Crippen LogP contribution >= 0.6 is 0 Å². The lowest BCUT2D eigenvalue weighted by Crippen LogP contribution is -2.47. The highest BCUT2D eigenvalue weighted by atomic mass is 16.3. The molecule has 1 heterocycles. The average Bonchev–Trinajstić information content (AvgIpc) is 2.90. The molecule has 0 spiro atoms. The number of carbonyl (C=O) groups excluding carboxylic acids is 2. The minimum Gasteiger partial charge on any atom is -0.394 e. The third kappa shape index (κ3) is 3.80. The van der Waals surface area contributed by atoms with Crippen LogP contribution in [-0.2, 0) is 21.4 Å². The van der Waals surface area contributed by atoms with Gasteiger partial charge in [-0.1, -0.05) is 48.5 Å². The van der Waals surface area contributed by atoms with Crippen LogP contribution in [0.1, 0.15) is 37.8 Å². The van der Waals surface area contributed by atoms with Crippen molar-refractivity contribution >= 4 is 17.5 Å². The molecule has 1 aliphatic rings. The largest absolute Gasteiger partial charge is 0.394 e. The second-order valence-corrected chi connectivity index (χ2v) is 8.22. The van der Waals surface area contributed by atoms with Crippen molar-refractivity contribution in [3.8, 4) is 0 Å². The number of aliphatic hydroxyl groups excluding tert-OH is 1. The molecule has 1 atom stereocenters. The van der Waals surface area contributed by atoms with E-state index in [-0.39, 0.29) is 24.8 Å². The molecular formula is C23H28N2O3. The van der Waals surface area contributed by atoms with Gasteiger partial charge in [0, 0.05) is 19.2 Å². The average molecular weight is 380 g/mol. The Morgan fingerprint density at radius 2 is 1.75 bits per heavy atom. The second kappa shape index (κ2) is 7.76. The van der Waals surface area contributed by atoms with Gasteiger partial charge in [0.25, 0.3) is 0 Å². The third-order valence-corrected chi connectivity index (χ3v) is 5.50. The van der Waals surface area contributed by atoms with Gasteiger partial charge in [-0.25, -0.2) is 0 Å². The van der Waals surface area contributed by atoms with Crippen molar-refractivity contribution in [2.45, 2.75) is 44.1 Å². The van der Waals surface area contributed by atoms with Gasteiger partial charge in [0.1, 0.15) is 0 Å². The van der Waals surface area contributed by atoms with E-state index in [1.165, 1.54) is 0 Å². The molecule has 5 nitrogen and oxygen atoms in total. The molecule has 2 amide bonds. The van der Waals surface area contributed by atoms with Crippen LogP contribution in [0.15, 0.2) is 54.6 Å². The molecule has 0 saturated heterocycles. The van der Waals surface area contributed by atoms with E-state index in [1.54, 1.807) is 25.8 Å². The fourth-order valence-corrected chi connectivity index (χ4v) is 3.97. The Kier molecular flexibility index (Phi) is 5.57. The van der Waals surface area contributed by atoms with Gasteiger partial charge in [0.15, 0.2) is 0 Å². The molecule has 0 aliphatic carbocycles. The lowest BCUT2D eigenvalue weighted by molar-refractivity contribution is -0.125. The van der Waals surface area contributed by atoms with Crippen molar-refractivity contribution < 1.29 is 14.7 Å². The third-order valence-electron chi connectivity index (χ3n) is 5.50. The van der Waals surface area contributed by atoms with Gasteiger partial charge in [0.2, 0.25) is 11.8 Å². The Bertz CT molecular complexity index is 863. The van der Waals surface area contributed by atoms with Gasteiger partial charge < -0.3 is 15.3 Å². The summed E-state index contributed by atoms with van der Waals surface area (Å²) < 4.78 is 0. The zero-order valence-electron chi connectivity index (χ0n) is 16.7.